The first-order valence-electron chi connectivity index (χ1n) is 9.99. The topological polar surface area (TPSA) is 222 Å². The Hall–Kier alpha value is -3.03. The third-order valence-corrected chi connectivity index (χ3v) is 7.22. The molecule has 3 rings (SSSR count). The lowest BCUT2D eigenvalue weighted by atomic mass is 10.1. The standard InChI is InChI=1S/C12H16F2N4O4S.C6H5ClN2O4S/c13-4-9(5-14)17-6-8(7-17)16-11-2-1-10(23(15,21)22)3-12(11)18(19)20;7-5-2-1-4(14(8,12)13)3-6(5)9(10)11/h1-3,8-9,16H,4-7H2,(H2,15,21,22);1-3H,(H2,8,12,13). The third kappa shape index (κ3) is 7.98. The normalized spacial score (nSPS) is 14.4. The molecule has 0 aromatic heterocycles. The van der Waals surface area contributed by atoms with E-state index in [1.165, 1.54) is 6.07 Å². The molecule has 1 heterocycles. The Labute approximate surface area is 214 Å². The maximum Gasteiger partial charge on any atom is 0.293 e. The SMILES string of the molecule is NS(=O)(=O)c1ccc(Cl)c([N+](=O)[O-])c1.NS(=O)(=O)c1ccc(NC2CN(C(CF)CF)C2)c([N+](=O)[O-])c1. The van der Waals surface area contributed by atoms with Gasteiger partial charge in [0.2, 0.25) is 20.0 Å². The van der Waals surface area contributed by atoms with Crippen LogP contribution < -0.4 is 15.6 Å². The van der Waals surface area contributed by atoms with Gasteiger partial charge in [-0.15, -0.1) is 0 Å². The second-order valence-corrected chi connectivity index (χ2v) is 11.2. The first kappa shape index (κ1) is 30.2. The molecule has 0 radical (unpaired) electrons. The van der Waals surface area contributed by atoms with Crippen molar-refractivity contribution in [2.75, 3.05) is 31.8 Å². The van der Waals surface area contributed by atoms with Crippen molar-refractivity contribution in [2.24, 2.45) is 10.3 Å². The number of likely N-dealkylation sites (tertiary alicyclic amines) is 1. The largest absolute Gasteiger partial charge is 0.374 e. The summed E-state index contributed by atoms with van der Waals surface area (Å²) in [4.78, 5) is 20.8. The van der Waals surface area contributed by atoms with Crippen molar-refractivity contribution < 1.29 is 35.5 Å². The van der Waals surface area contributed by atoms with E-state index in [4.69, 9.17) is 21.9 Å². The number of nitrogens with zero attached hydrogens (tertiary/aromatic N) is 3. The maximum absolute atomic E-state index is 12.5. The van der Waals surface area contributed by atoms with Crippen LogP contribution in [-0.2, 0) is 20.0 Å². The molecule has 0 saturated carbocycles. The Morgan fingerprint density at radius 1 is 0.946 bits per heavy atom. The van der Waals surface area contributed by atoms with Crippen molar-refractivity contribution in [3.8, 4) is 0 Å². The van der Waals surface area contributed by atoms with E-state index in [0.29, 0.717) is 13.1 Å². The number of primary sulfonamides is 2. The molecule has 14 nitrogen and oxygen atoms in total. The summed E-state index contributed by atoms with van der Waals surface area (Å²) in [7, 11) is -7.98. The number of nitro groups is 2. The van der Waals surface area contributed by atoms with Crippen LogP contribution in [0.1, 0.15) is 0 Å². The molecule has 0 aliphatic carbocycles. The predicted molar refractivity (Wildman–Crippen MR) is 129 cm³/mol. The molecule has 0 spiro atoms. The smallest absolute Gasteiger partial charge is 0.293 e. The highest BCUT2D eigenvalue weighted by atomic mass is 35.5. The Morgan fingerprint density at radius 3 is 1.84 bits per heavy atom. The van der Waals surface area contributed by atoms with Crippen molar-refractivity contribution in [1.82, 2.24) is 4.90 Å². The lowest BCUT2D eigenvalue weighted by Gasteiger charge is -2.43. The minimum Gasteiger partial charge on any atom is -0.374 e. The maximum atomic E-state index is 12.5. The molecule has 2 aromatic carbocycles. The molecule has 0 amide bonds. The minimum absolute atomic E-state index is 0.129. The van der Waals surface area contributed by atoms with E-state index in [-0.39, 0.29) is 26.5 Å². The molecule has 204 valence electrons. The van der Waals surface area contributed by atoms with E-state index in [2.05, 4.69) is 5.32 Å². The Morgan fingerprint density at radius 2 is 1.41 bits per heavy atom. The summed E-state index contributed by atoms with van der Waals surface area (Å²) < 4.78 is 69.3. The molecule has 1 saturated heterocycles. The number of benzene rings is 2. The highest BCUT2D eigenvalue weighted by Crippen LogP contribution is 2.29. The first-order chi connectivity index (χ1) is 17.1. The number of anilines is 1. The summed E-state index contributed by atoms with van der Waals surface area (Å²) in [5, 5.41) is 33.9. The average molecular weight is 587 g/mol. The first-order valence-corrected chi connectivity index (χ1v) is 13.5. The fourth-order valence-electron chi connectivity index (χ4n) is 3.13. The fourth-order valence-corrected chi connectivity index (χ4v) is 4.38. The minimum atomic E-state index is -4.05. The van der Waals surface area contributed by atoms with Crippen LogP contribution >= 0.6 is 11.6 Å². The van der Waals surface area contributed by atoms with E-state index in [9.17, 15) is 45.8 Å². The van der Waals surface area contributed by atoms with Gasteiger partial charge in [0.05, 0.1) is 31.7 Å². The highest BCUT2D eigenvalue weighted by Gasteiger charge is 2.33. The van der Waals surface area contributed by atoms with E-state index in [1.54, 1.807) is 4.90 Å². The van der Waals surface area contributed by atoms with Crippen LogP contribution in [0.4, 0.5) is 25.8 Å². The molecule has 1 fully saturated rings. The molecule has 37 heavy (non-hydrogen) atoms. The average Bonchev–Trinajstić information content (AvgIpc) is 2.77. The van der Waals surface area contributed by atoms with Crippen molar-refractivity contribution in [1.29, 1.82) is 0 Å². The van der Waals surface area contributed by atoms with E-state index >= 15 is 0 Å². The summed E-state index contributed by atoms with van der Waals surface area (Å²) in [5.74, 6) is 0. The number of hydrogen-bond acceptors (Lipinski definition) is 10. The number of alkyl halides is 2. The lowest BCUT2D eigenvalue weighted by molar-refractivity contribution is -0.384. The number of nitrogens with one attached hydrogen (secondary N) is 1. The van der Waals surface area contributed by atoms with Crippen LogP contribution in [0.3, 0.4) is 0 Å². The van der Waals surface area contributed by atoms with Gasteiger partial charge >= 0.3 is 0 Å². The van der Waals surface area contributed by atoms with Gasteiger partial charge in [0.25, 0.3) is 11.4 Å². The van der Waals surface area contributed by atoms with Gasteiger partial charge in [-0.2, -0.15) is 0 Å². The van der Waals surface area contributed by atoms with Crippen molar-refractivity contribution in [3.63, 3.8) is 0 Å². The predicted octanol–water partition coefficient (Wildman–Crippen LogP) is 1.54. The van der Waals surface area contributed by atoms with Crippen LogP contribution in [0.2, 0.25) is 5.02 Å². The van der Waals surface area contributed by atoms with Crippen molar-refractivity contribution in [2.45, 2.75) is 21.9 Å². The molecule has 1 aliphatic heterocycles. The number of sulfonamides is 2. The van der Waals surface area contributed by atoms with Gasteiger partial charge in [-0.05, 0) is 24.3 Å². The number of hydrogen-bond donors (Lipinski definition) is 3. The van der Waals surface area contributed by atoms with Gasteiger partial charge in [-0.3, -0.25) is 25.1 Å². The zero-order valence-electron chi connectivity index (χ0n) is 18.7. The summed E-state index contributed by atoms with van der Waals surface area (Å²) in [6, 6.07) is 5.30. The van der Waals surface area contributed by atoms with Gasteiger partial charge in [-0.1, -0.05) is 11.6 Å². The molecule has 2 aromatic rings. The number of halogens is 3. The molecule has 1 aliphatic rings. The van der Waals surface area contributed by atoms with Gasteiger partial charge in [-0.25, -0.2) is 35.9 Å². The summed E-state index contributed by atoms with van der Waals surface area (Å²) in [5.41, 5.74) is -0.787. The van der Waals surface area contributed by atoms with Gasteiger partial charge in [0, 0.05) is 25.2 Å². The monoisotopic (exact) mass is 586 g/mol. The third-order valence-electron chi connectivity index (χ3n) is 5.08. The molecule has 19 heteroatoms. The van der Waals surface area contributed by atoms with Crippen LogP contribution in [0.5, 0.6) is 0 Å². The number of rotatable bonds is 9. The summed E-state index contributed by atoms with van der Waals surface area (Å²) >= 11 is 5.46. The van der Waals surface area contributed by atoms with E-state index < -0.39 is 60.7 Å². The Balaban J connectivity index is 0.000000294. The fraction of sp³-hybridized carbons (Fsp3) is 0.333. The molecule has 0 unspecified atom stereocenters. The summed E-state index contributed by atoms with van der Waals surface area (Å²) in [6.07, 6.45) is 0. The lowest BCUT2D eigenvalue weighted by Crippen LogP contribution is -2.59. The second kappa shape index (κ2) is 12.0. The Bertz CT molecular complexity index is 1390. The molecule has 0 bridgehead atoms. The van der Waals surface area contributed by atoms with Gasteiger partial charge in [0.15, 0.2) is 0 Å². The molecular weight excluding hydrogens is 566 g/mol. The van der Waals surface area contributed by atoms with Crippen molar-refractivity contribution in [3.05, 3.63) is 61.6 Å². The quantitative estimate of drug-likeness (QED) is 0.284. The molecular formula is C18H21ClF2N6O8S2. The summed E-state index contributed by atoms with van der Waals surface area (Å²) in [6.45, 7) is -0.919. The number of nitrogens with two attached hydrogens (primary N) is 2. The number of nitro benzene ring substituents is 2. The van der Waals surface area contributed by atoms with Gasteiger partial charge in [0.1, 0.15) is 24.1 Å². The van der Waals surface area contributed by atoms with Crippen LogP contribution in [0.25, 0.3) is 0 Å². The molecule has 0 atom stereocenters. The Kier molecular flexibility index (Phi) is 9.80. The highest BCUT2D eigenvalue weighted by molar-refractivity contribution is 7.89. The van der Waals surface area contributed by atoms with E-state index in [1.807, 2.05) is 0 Å². The zero-order valence-corrected chi connectivity index (χ0v) is 21.0. The van der Waals surface area contributed by atoms with E-state index in [0.717, 1.165) is 30.3 Å². The van der Waals surface area contributed by atoms with Gasteiger partial charge < -0.3 is 5.32 Å². The molecule has 5 N–H and O–H groups in total. The second-order valence-electron chi connectivity index (χ2n) is 7.65. The van der Waals surface area contributed by atoms with Crippen LogP contribution in [0, 0.1) is 20.2 Å². The van der Waals surface area contributed by atoms with Crippen LogP contribution in [0.15, 0.2) is 46.2 Å². The zero-order chi connectivity index (χ0) is 28.1. The van der Waals surface area contributed by atoms with Crippen molar-refractivity contribution >= 4 is 48.7 Å². The van der Waals surface area contributed by atoms with Crippen LogP contribution in [-0.4, -0.2) is 70.1 Å².